The van der Waals surface area contributed by atoms with E-state index in [1.54, 1.807) is 0 Å². The first kappa shape index (κ1) is 26.1. The van der Waals surface area contributed by atoms with Gasteiger partial charge in [0.1, 0.15) is 0 Å². The van der Waals surface area contributed by atoms with E-state index in [1.807, 2.05) is 0 Å². The van der Waals surface area contributed by atoms with Crippen LogP contribution >= 0.6 is 0 Å². The van der Waals surface area contributed by atoms with Gasteiger partial charge in [-0.1, -0.05) is 39.0 Å². The monoisotopic (exact) mass is 364 g/mol. The molecule has 0 aromatic carbocycles. The Morgan fingerprint density at radius 3 is 1.52 bits per heavy atom. The molecule has 0 saturated heterocycles. The van der Waals surface area contributed by atoms with Gasteiger partial charge in [-0.3, -0.25) is 9.59 Å². The standard InChI is InChI=1S/C10H18O4.C8H18O3/c11-9(12)7-5-3-1-2-4-6-8-10(13)14;1-2-3-5-10-7-8-11-6-4-9/h1-8H2,(H,11,12)(H,13,14);9H,2-8H2,1H3. The minimum absolute atomic E-state index is 0.0922. The lowest BCUT2D eigenvalue weighted by Gasteiger charge is -2.02. The van der Waals surface area contributed by atoms with Crippen LogP contribution in [-0.4, -0.2) is 60.3 Å². The van der Waals surface area contributed by atoms with E-state index < -0.39 is 11.9 Å². The number of carboxylic acid groups (broad SMARTS) is 2. The van der Waals surface area contributed by atoms with Crippen molar-refractivity contribution in [2.24, 2.45) is 0 Å². The van der Waals surface area contributed by atoms with E-state index in [1.165, 1.54) is 0 Å². The molecule has 0 amide bonds. The Morgan fingerprint density at radius 2 is 1.12 bits per heavy atom. The van der Waals surface area contributed by atoms with Crippen LogP contribution in [0, 0.1) is 0 Å². The molecule has 0 aliphatic rings. The topological polar surface area (TPSA) is 113 Å². The average Bonchev–Trinajstić information content (AvgIpc) is 2.56. The number of ether oxygens (including phenoxy) is 2. The van der Waals surface area contributed by atoms with E-state index >= 15 is 0 Å². The zero-order chi connectivity index (χ0) is 19.2. The summed E-state index contributed by atoms with van der Waals surface area (Å²) in [5.41, 5.74) is 0. The Morgan fingerprint density at radius 1 is 0.680 bits per heavy atom. The molecular weight excluding hydrogens is 328 g/mol. The van der Waals surface area contributed by atoms with Crippen molar-refractivity contribution in [2.45, 2.75) is 71.1 Å². The number of rotatable bonds is 17. The highest BCUT2D eigenvalue weighted by Crippen LogP contribution is 2.08. The first-order valence-electron chi connectivity index (χ1n) is 9.24. The second-order valence-electron chi connectivity index (χ2n) is 5.71. The lowest BCUT2D eigenvalue weighted by molar-refractivity contribution is -0.138. The minimum Gasteiger partial charge on any atom is -0.481 e. The van der Waals surface area contributed by atoms with Gasteiger partial charge in [-0.15, -0.1) is 0 Å². The van der Waals surface area contributed by atoms with Gasteiger partial charge in [0, 0.05) is 19.4 Å². The van der Waals surface area contributed by atoms with Crippen molar-refractivity contribution in [3.05, 3.63) is 0 Å². The Balaban J connectivity index is 0. The molecule has 0 aromatic rings. The van der Waals surface area contributed by atoms with E-state index in [0.29, 0.717) is 19.8 Å². The molecule has 0 spiro atoms. The Bertz CT molecular complexity index is 267. The molecule has 0 heterocycles. The third-order valence-electron chi connectivity index (χ3n) is 3.28. The number of aliphatic hydroxyl groups excluding tert-OH is 1. The number of hydrogen-bond acceptors (Lipinski definition) is 5. The summed E-state index contributed by atoms with van der Waals surface area (Å²) in [7, 11) is 0. The van der Waals surface area contributed by atoms with Crippen LogP contribution in [0.2, 0.25) is 0 Å². The van der Waals surface area contributed by atoms with Crippen LogP contribution in [0.1, 0.15) is 71.1 Å². The summed E-state index contributed by atoms with van der Waals surface area (Å²) < 4.78 is 10.2. The maximum Gasteiger partial charge on any atom is 0.303 e. The van der Waals surface area contributed by atoms with Crippen molar-refractivity contribution in [1.82, 2.24) is 0 Å². The second-order valence-corrected chi connectivity index (χ2v) is 5.71. The Labute approximate surface area is 151 Å². The molecule has 0 rings (SSSR count). The first-order valence-corrected chi connectivity index (χ1v) is 9.24. The highest BCUT2D eigenvalue weighted by molar-refractivity contribution is 5.66. The van der Waals surface area contributed by atoms with Crippen LogP contribution in [-0.2, 0) is 19.1 Å². The summed E-state index contributed by atoms with van der Waals surface area (Å²) in [6.07, 6.45) is 8.10. The highest BCUT2D eigenvalue weighted by Gasteiger charge is 1.98. The molecular formula is C18H36O7. The molecule has 0 aromatic heterocycles. The molecule has 0 unspecified atom stereocenters. The van der Waals surface area contributed by atoms with E-state index in [-0.39, 0.29) is 19.4 Å². The van der Waals surface area contributed by atoms with Crippen molar-refractivity contribution in [3.63, 3.8) is 0 Å². The molecule has 25 heavy (non-hydrogen) atoms. The average molecular weight is 364 g/mol. The van der Waals surface area contributed by atoms with Gasteiger partial charge in [0.2, 0.25) is 0 Å². The number of carboxylic acids is 2. The molecule has 3 N–H and O–H groups in total. The second kappa shape index (κ2) is 22.8. The third kappa shape index (κ3) is 31.2. The van der Waals surface area contributed by atoms with Crippen LogP contribution in [0.25, 0.3) is 0 Å². The highest BCUT2D eigenvalue weighted by atomic mass is 16.5. The number of carbonyl (C=O) groups is 2. The van der Waals surface area contributed by atoms with Crippen molar-refractivity contribution in [2.75, 3.05) is 33.0 Å². The van der Waals surface area contributed by atoms with Gasteiger partial charge in [-0.25, -0.2) is 0 Å². The molecule has 0 aliphatic carbocycles. The molecule has 7 nitrogen and oxygen atoms in total. The van der Waals surface area contributed by atoms with Crippen molar-refractivity contribution in [3.8, 4) is 0 Å². The number of unbranched alkanes of at least 4 members (excludes halogenated alkanes) is 6. The van der Waals surface area contributed by atoms with E-state index in [9.17, 15) is 9.59 Å². The quantitative estimate of drug-likeness (QED) is 0.340. The van der Waals surface area contributed by atoms with Gasteiger partial charge in [0.25, 0.3) is 0 Å². The lowest BCUT2D eigenvalue weighted by atomic mass is 10.1. The summed E-state index contributed by atoms with van der Waals surface area (Å²) in [6, 6.07) is 0. The number of aliphatic hydroxyl groups is 1. The Hall–Kier alpha value is -1.18. The summed E-state index contributed by atoms with van der Waals surface area (Å²) in [5.74, 6) is -1.48. The number of hydrogen-bond donors (Lipinski definition) is 3. The maximum absolute atomic E-state index is 10.1. The summed E-state index contributed by atoms with van der Waals surface area (Å²) >= 11 is 0. The van der Waals surface area contributed by atoms with Gasteiger partial charge in [0.15, 0.2) is 0 Å². The molecule has 0 atom stereocenters. The van der Waals surface area contributed by atoms with Crippen molar-refractivity contribution in [1.29, 1.82) is 0 Å². The molecule has 7 heteroatoms. The first-order chi connectivity index (χ1) is 12.0. The van der Waals surface area contributed by atoms with Crippen molar-refractivity contribution >= 4 is 11.9 Å². The van der Waals surface area contributed by atoms with Gasteiger partial charge in [-0.2, -0.15) is 0 Å². The van der Waals surface area contributed by atoms with Crippen LogP contribution < -0.4 is 0 Å². The molecule has 0 radical (unpaired) electrons. The summed E-state index contributed by atoms with van der Waals surface area (Å²) in [5, 5.41) is 25.0. The fourth-order valence-electron chi connectivity index (χ4n) is 1.89. The van der Waals surface area contributed by atoms with Crippen LogP contribution in [0.3, 0.4) is 0 Å². The summed E-state index contributed by atoms with van der Waals surface area (Å²) in [4.78, 5) is 20.3. The fourth-order valence-corrected chi connectivity index (χ4v) is 1.89. The predicted octanol–water partition coefficient (Wildman–Crippen LogP) is 3.09. The van der Waals surface area contributed by atoms with Crippen molar-refractivity contribution < 1.29 is 34.4 Å². The molecule has 0 fully saturated rings. The van der Waals surface area contributed by atoms with Crippen LogP contribution in [0.15, 0.2) is 0 Å². The maximum atomic E-state index is 10.1. The lowest BCUT2D eigenvalue weighted by Crippen LogP contribution is -2.07. The normalized spacial score (nSPS) is 10.2. The van der Waals surface area contributed by atoms with Gasteiger partial charge >= 0.3 is 11.9 Å². The SMILES string of the molecule is CCCCOCCOCCO.O=C(O)CCCCCCCCC(=O)O. The summed E-state index contributed by atoms with van der Waals surface area (Å²) in [6.45, 7) is 4.68. The smallest absolute Gasteiger partial charge is 0.303 e. The third-order valence-corrected chi connectivity index (χ3v) is 3.28. The fraction of sp³-hybridized carbons (Fsp3) is 0.889. The zero-order valence-corrected chi connectivity index (χ0v) is 15.6. The predicted molar refractivity (Wildman–Crippen MR) is 95.8 cm³/mol. The zero-order valence-electron chi connectivity index (χ0n) is 15.6. The molecule has 150 valence electrons. The van der Waals surface area contributed by atoms with Gasteiger partial charge in [0.05, 0.1) is 26.4 Å². The van der Waals surface area contributed by atoms with Gasteiger partial charge < -0.3 is 24.8 Å². The van der Waals surface area contributed by atoms with E-state index in [0.717, 1.165) is 58.0 Å². The van der Waals surface area contributed by atoms with E-state index in [4.69, 9.17) is 24.8 Å². The van der Waals surface area contributed by atoms with E-state index in [2.05, 4.69) is 6.92 Å². The molecule has 0 saturated carbocycles. The van der Waals surface area contributed by atoms with Gasteiger partial charge in [-0.05, 0) is 19.3 Å². The Kier molecular flexibility index (Phi) is 23.8. The molecule has 0 bridgehead atoms. The number of aliphatic carboxylic acids is 2. The molecule has 0 aliphatic heterocycles. The largest absolute Gasteiger partial charge is 0.481 e. The minimum atomic E-state index is -0.740. The van der Waals surface area contributed by atoms with Crippen LogP contribution in [0.5, 0.6) is 0 Å². The van der Waals surface area contributed by atoms with Crippen LogP contribution in [0.4, 0.5) is 0 Å².